The van der Waals surface area contributed by atoms with Crippen molar-refractivity contribution in [3.63, 3.8) is 0 Å². The van der Waals surface area contributed by atoms with Crippen molar-refractivity contribution in [2.45, 2.75) is 13.5 Å². The molecule has 104 valence electrons. The van der Waals surface area contributed by atoms with E-state index in [1.54, 1.807) is 6.07 Å². The van der Waals surface area contributed by atoms with E-state index in [1.165, 1.54) is 18.2 Å². The standard InChI is InChI=1S/C15H16FN3O/c1-10-11(4-2-7-14(10)17)9-18-15(20)19-13-6-3-5-12(16)8-13/h2-8H,9,17H2,1H3,(H2,18,19,20). The lowest BCUT2D eigenvalue weighted by Crippen LogP contribution is -2.28. The quantitative estimate of drug-likeness (QED) is 0.752. The highest BCUT2D eigenvalue weighted by Gasteiger charge is 2.05. The van der Waals surface area contributed by atoms with Gasteiger partial charge < -0.3 is 16.4 Å². The van der Waals surface area contributed by atoms with Crippen LogP contribution >= 0.6 is 0 Å². The Bertz CT molecular complexity index is 628. The predicted octanol–water partition coefficient (Wildman–Crippen LogP) is 3.04. The Morgan fingerprint density at radius 2 is 2.00 bits per heavy atom. The Morgan fingerprint density at radius 1 is 1.25 bits per heavy atom. The van der Waals surface area contributed by atoms with Gasteiger partial charge in [0.1, 0.15) is 5.82 Å². The minimum Gasteiger partial charge on any atom is -0.399 e. The molecule has 0 saturated carbocycles. The molecule has 0 heterocycles. The van der Waals surface area contributed by atoms with Gasteiger partial charge in [0.15, 0.2) is 0 Å². The van der Waals surface area contributed by atoms with E-state index in [0.717, 1.165) is 11.1 Å². The van der Waals surface area contributed by atoms with E-state index in [-0.39, 0.29) is 0 Å². The molecular weight excluding hydrogens is 257 g/mol. The van der Waals surface area contributed by atoms with Crippen LogP contribution in [0.25, 0.3) is 0 Å². The van der Waals surface area contributed by atoms with E-state index in [2.05, 4.69) is 10.6 Å². The van der Waals surface area contributed by atoms with E-state index in [9.17, 15) is 9.18 Å². The summed E-state index contributed by atoms with van der Waals surface area (Å²) in [5.74, 6) is -0.394. The first-order valence-corrected chi connectivity index (χ1v) is 6.20. The SMILES string of the molecule is Cc1c(N)cccc1CNC(=O)Nc1cccc(F)c1. The van der Waals surface area contributed by atoms with Crippen LogP contribution in [0.15, 0.2) is 42.5 Å². The number of carbonyl (C=O) groups excluding carboxylic acids is 1. The second-order valence-electron chi connectivity index (χ2n) is 4.45. The number of rotatable bonds is 3. The lowest BCUT2D eigenvalue weighted by Gasteiger charge is -2.10. The van der Waals surface area contributed by atoms with E-state index in [1.807, 2.05) is 25.1 Å². The summed E-state index contributed by atoms with van der Waals surface area (Å²) in [6.45, 7) is 2.26. The van der Waals surface area contributed by atoms with Crippen molar-refractivity contribution in [1.29, 1.82) is 0 Å². The first-order chi connectivity index (χ1) is 9.56. The van der Waals surface area contributed by atoms with Gasteiger partial charge in [0, 0.05) is 17.9 Å². The third-order valence-corrected chi connectivity index (χ3v) is 3.01. The third-order valence-electron chi connectivity index (χ3n) is 3.01. The average Bonchev–Trinajstić information content (AvgIpc) is 2.40. The van der Waals surface area contributed by atoms with Crippen LogP contribution in [-0.2, 0) is 6.54 Å². The van der Waals surface area contributed by atoms with Crippen molar-refractivity contribution in [3.8, 4) is 0 Å². The van der Waals surface area contributed by atoms with Gasteiger partial charge in [-0.2, -0.15) is 0 Å². The van der Waals surface area contributed by atoms with Crippen molar-refractivity contribution in [3.05, 3.63) is 59.4 Å². The van der Waals surface area contributed by atoms with E-state index < -0.39 is 11.8 Å². The number of nitrogens with one attached hydrogen (secondary N) is 2. The van der Waals surface area contributed by atoms with Gasteiger partial charge in [0.25, 0.3) is 0 Å². The molecule has 0 aliphatic rings. The maximum absolute atomic E-state index is 13.0. The zero-order valence-electron chi connectivity index (χ0n) is 11.1. The van der Waals surface area contributed by atoms with E-state index in [0.29, 0.717) is 17.9 Å². The molecule has 0 aliphatic heterocycles. The predicted molar refractivity (Wildman–Crippen MR) is 77.8 cm³/mol. The van der Waals surface area contributed by atoms with Gasteiger partial charge in [-0.25, -0.2) is 9.18 Å². The molecule has 4 nitrogen and oxygen atoms in total. The molecule has 0 fully saturated rings. The van der Waals surface area contributed by atoms with Crippen LogP contribution in [-0.4, -0.2) is 6.03 Å². The fourth-order valence-corrected chi connectivity index (χ4v) is 1.81. The summed E-state index contributed by atoms with van der Waals surface area (Å²) in [5.41, 5.74) is 8.78. The smallest absolute Gasteiger partial charge is 0.319 e. The van der Waals surface area contributed by atoms with Crippen LogP contribution in [0.5, 0.6) is 0 Å². The van der Waals surface area contributed by atoms with Crippen molar-refractivity contribution in [2.24, 2.45) is 0 Å². The maximum Gasteiger partial charge on any atom is 0.319 e. The largest absolute Gasteiger partial charge is 0.399 e. The molecule has 0 aliphatic carbocycles. The van der Waals surface area contributed by atoms with Gasteiger partial charge in [-0.1, -0.05) is 18.2 Å². The fraction of sp³-hybridized carbons (Fsp3) is 0.133. The van der Waals surface area contributed by atoms with Gasteiger partial charge in [-0.15, -0.1) is 0 Å². The summed E-state index contributed by atoms with van der Waals surface area (Å²) in [6, 6.07) is 10.9. The number of amides is 2. The fourth-order valence-electron chi connectivity index (χ4n) is 1.81. The molecule has 0 aromatic heterocycles. The van der Waals surface area contributed by atoms with Crippen LogP contribution in [0, 0.1) is 12.7 Å². The molecule has 0 saturated heterocycles. The molecule has 2 aromatic carbocycles. The maximum atomic E-state index is 13.0. The van der Waals surface area contributed by atoms with E-state index >= 15 is 0 Å². The van der Waals surface area contributed by atoms with Crippen LogP contribution < -0.4 is 16.4 Å². The Kier molecular flexibility index (Phi) is 4.20. The average molecular weight is 273 g/mol. The summed E-state index contributed by atoms with van der Waals surface area (Å²) in [6.07, 6.45) is 0. The topological polar surface area (TPSA) is 67.1 Å². The van der Waals surface area contributed by atoms with Crippen LogP contribution in [0.1, 0.15) is 11.1 Å². The molecule has 0 radical (unpaired) electrons. The second kappa shape index (κ2) is 6.06. The highest BCUT2D eigenvalue weighted by atomic mass is 19.1. The number of benzene rings is 2. The summed E-state index contributed by atoms with van der Waals surface area (Å²) < 4.78 is 13.0. The van der Waals surface area contributed by atoms with Crippen molar-refractivity contribution >= 4 is 17.4 Å². The number of anilines is 2. The van der Waals surface area contributed by atoms with Crippen molar-refractivity contribution < 1.29 is 9.18 Å². The third kappa shape index (κ3) is 3.47. The highest BCUT2D eigenvalue weighted by molar-refractivity contribution is 5.89. The number of urea groups is 1. The summed E-state index contributed by atoms with van der Waals surface area (Å²) in [7, 11) is 0. The number of nitrogens with two attached hydrogens (primary N) is 1. The Balaban J connectivity index is 1.94. The lowest BCUT2D eigenvalue weighted by atomic mass is 10.1. The van der Waals surface area contributed by atoms with Gasteiger partial charge in [-0.05, 0) is 42.3 Å². The van der Waals surface area contributed by atoms with Crippen LogP contribution in [0.4, 0.5) is 20.6 Å². The molecule has 0 unspecified atom stereocenters. The van der Waals surface area contributed by atoms with Crippen LogP contribution in [0.2, 0.25) is 0 Å². The number of hydrogen-bond donors (Lipinski definition) is 3. The first-order valence-electron chi connectivity index (χ1n) is 6.20. The zero-order chi connectivity index (χ0) is 14.5. The summed E-state index contributed by atoms with van der Waals surface area (Å²) in [4.78, 5) is 11.7. The Morgan fingerprint density at radius 3 is 2.75 bits per heavy atom. The molecule has 5 heteroatoms. The Labute approximate surface area is 116 Å². The normalized spacial score (nSPS) is 10.1. The highest BCUT2D eigenvalue weighted by Crippen LogP contribution is 2.15. The second-order valence-corrected chi connectivity index (χ2v) is 4.45. The molecule has 2 aromatic rings. The van der Waals surface area contributed by atoms with Gasteiger partial charge >= 0.3 is 6.03 Å². The number of carbonyl (C=O) groups is 1. The molecule has 20 heavy (non-hydrogen) atoms. The van der Waals surface area contributed by atoms with Gasteiger partial charge in [0.05, 0.1) is 0 Å². The monoisotopic (exact) mass is 273 g/mol. The lowest BCUT2D eigenvalue weighted by molar-refractivity contribution is 0.251. The molecule has 0 spiro atoms. The number of hydrogen-bond acceptors (Lipinski definition) is 2. The minimum atomic E-state index is -0.394. The molecular formula is C15H16FN3O. The summed E-state index contributed by atoms with van der Waals surface area (Å²) in [5, 5.41) is 5.27. The molecule has 0 atom stereocenters. The van der Waals surface area contributed by atoms with Crippen molar-refractivity contribution in [2.75, 3.05) is 11.1 Å². The molecule has 4 N–H and O–H groups in total. The molecule has 2 rings (SSSR count). The number of halogens is 1. The zero-order valence-corrected chi connectivity index (χ0v) is 11.1. The molecule has 2 amide bonds. The van der Waals surface area contributed by atoms with Crippen molar-refractivity contribution in [1.82, 2.24) is 5.32 Å². The van der Waals surface area contributed by atoms with Gasteiger partial charge in [-0.3, -0.25) is 0 Å². The van der Waals surface area contributed by atoms with Gasteiger partial charge in [0.2, 0.25) is 0 Å². The summed E-state index contributed by atoms with van der Waals surface area (Å²) >= 11 is 0. The number of nitrogen functional groups attached to an aromatic ring is 1. The van der Waals surface area contributed by atoms with E-state index in [4.69, 9.17) is 5.73 Å². The molecule has 0 bridgehead atoms. The first kappa shape index (κ1) is 13.9. The minimum absolute atomic E-state index is 0.359. The Hall–Kier alpha value is -2.56. The van der Waals surface area contributed by atoms with Crippen LogP contribution in [0.3, 0.4) is 0 Å².